The second-order valence-corrected chi connectivity index (χ2v) is 7.91. The molecular formula is C21H27N3O5. The first kappa shape index (κ1) is 20.8. The van der Waals surface area contributed by atoms with Gasteiger partial charge in [0.2, 0.25) is 0 Å². The molecule has 4 amide bonds. The molecule has 0 aromatic heterocycles. The van der Waals surface area contributed by atoms with Gasteiger partial charge in [-0.2, -0.15) is 0 Å². The van der Waals surface area contributed by atoms with E-state index in [1.807, 2.05) is 12.1 Å². The van der Waals surface area contributed by atoms with Crippen molar-refractivity contribution in [2.75, 3.05) is 18.5 Å². The topological polar surface area (TPSA) is 105 Å². The van der Waals surface area contributed by atoms with E-state index in [-0.39, 0.29) is 18.9 Å². The first-order valence-corrected chi connectivity index (χ1v) is 10.0. The molecule has 8 nitrogen and oxygen atoms in total. The minimum Gasteiger partial charge on any atom is -0.456 e. The van der Waals surface area contributed by atoms with Gasteiger partial charge in [0.25, 0.3) is 11.8 Å². The SMILES string of the molecule is CC(C)c1ccc(NC(=O)COC(=O)CCN2C(=O)NC3(CCCC3)C2=O)cc1. The zero-order valence-corrected chi connectivity index (χ0v) is 16.8. The van der Waals surface area contributed by atoms with Crippen molar-refractivity contribution in [2.45, 2.75) is 57.4 Å². The number of nitrogens with one attached hydrogen (secondary N) is 2. The highest BCUT2D eigenvalue weighted by Crippen LogP contribution is 2.35. The van der Waals surface area contributed by atoms with Gasteiger partial charge in [-0.3, -0.25) is 19.3 Å². The minimum absolute atomic E-state index is 0.0521. The van der Waals surface area contributed by atoms with Crippen LogP contribution < -0.4 is 10.6 Å². The molecule has 8 heteroatoms. The Morgan fingerprint density at radius 3 is 2.45 bits per heavy atom. The lowest BCUT2D eigenvalue weighted by Gasteiger charge is -2.19. The Hall–Kier alpha value is -2.90. The summed E-state index contributed by atoms with van der Waals surface area (Å²) < 4.78 is 4.96. The fourth-order valence-corrected chi connectivity index (χ4v) is 3.77. The molecule has 29 heavy (non-hydrogen) atoms. The van der Waals surface area contributed by atoms with Gasteiger partial charge in [0, 0.05) is 12.2 Å². The van der Waals surface area contributed by atoms with E-state index < -0.39 is 30.1 Å². The molecule has 0 radical (unpaired) electrons. The first-order valence-electron chi connectivity index (χ1n) is 10.0. The second kappa shape index (κ2) is 8.63. The Morgan fingerprint density at radius 2 is 1.83 bits per heavy atom. The molecule has 156 valence electrons. The van der Waals surface area contributed by atoms with Gasteiger partial charge in [-0.1, -0.05) is 38.8 Å². The molecule has 1 aromatic rings. The fraction of sp³-hybridized carbons (Fsp3) is 0.524. The molecule has 3 rings (SSSR count). The van der Waals surface area contributed by atoms with E-state index >= 15 is 0 Å². The van der Waals surface area contributed by atoms with E-state index in [9.17, 15) is 19.2 Å². The predicted octanol–water partition coefficient (Wildman–Crippen LogP) is 2.55. The van der Waals surface area contributed by atoms with Crippen LogP contribution in [0.25, 0.3) is 0 Å². The van der Waals surface area contributed by atoms with Crippen molar-refractivity contribution in [2.24, 2.45) is 0 Å². The molecule has 1 saturated carbocycles. The number of amides is 4. The number of carbonyl (C=O) groups excluding carboxylic acids is 4. The highest BCUT2D eigenvalue weighted by molar-refractivity contribution is 6.07. The van der Waals surface area contributed by atoms with Crippen LogP contribution in [-0.2, 0) is 19.1 Å². The summed E-state index contributed by atoms with van der Waals surface area (Å²) in [7, 11) is 0. The Morgan fingerprint density at radius 1 is 1.17 bits per heavy atom. The summed E-state index contributed by atoms with van der Waals surface area (Å²) in [6.07, 6.45) is 2.92. The number of hydrogen-bond acceptors (Lipinski definition) is 5. The molecule has 0 atom stereocenters. The third-order valence-corrected chi connectivity index (χ3v) is 5.47. The fourth-order valence-electron chi connectivity index (χ4n) is 3.77. The predicted molar refractivity (Wildman–Crippen MR) is 106 cm³/mol. The number of rotatable bonds is 7. The smallest absolute Gasteiger partial charge is 0.325 e. The third kappa shape index (κ3) is 4.75. The molecule has 1 saturated heterocycles. The quantitative estimate of drug-likeness (QED) is 0.540. The summed E-state index contributed by atoms with van der Waals surface area (Å²) in [4.78, 5) is 49.5. The van der Waals surface area contributed by atoms with Gasteiger partial charge in [0.1, 0.15) is 5.54 Å². The summed E-state index contributed by atoms with van der Waals surface area (Å²) in [6.45, 7) is 3.69. The lowest BCUT2D eigenvalue weighted by molar-refractivity contribution is -0.147. The van der Waals surface area contributed by atoms with Crippen LogP contribution in [0, 0.1) is 0 Å². The van der Waals surface area contributed by atoms with Gasteiger partial charge in [0.05, 0.1) is 6.42 Å². The van der Waals surface area contributed by atoms with Crippen molar-refractivity contribution in [1.29, 1.82) is 0 Å². The first-order chi connectivity index (χ1) is 13.8. The summed E-state index contributed by atoms with van der Waals surface area (Å²) in [5, 5.41) is 5.43. The highest BCUT2D eigenvalue weighted by Gasteiger charge is 2.52. The van der Waals surface area contributed by atoms with Gasteiger partial charge < -0.3 is 15.4 Å². The molecule has 1 aliphatic heterocycles. The van der Waals surface area contributed by atoms with Crippen molar-refractivity contribution in [3.05, 3.63) is 29.8 Å². The van der Waals surface area contributed by atoms with Crippen molar-refractivity contribution in [3.8, 4) is 0 Å². The number of carbonyl (C=O) groups is 4. The van der Waals surface area contributed by atoms with E-state index in [0.717, 1.165) is 23.3 Å². The van der Waals surface area contributed by atoms with Crippen LogP contribution in [0.4, 0.5) is 10.5 Å². The van der Waals surface area contributed by atoms with Crippen molar-refractivity contribution in [3.63, 3.8) is 0 Å². The minimum atomic E-state index is -0.786. The molecule has 2 N–H and O–H groups in total. The van der Waals surface area contributed by atoms with Crippen molar-refractivity contribution < 1.29 is 23.9 Å². The van der Waals surface area contributed by atoms with E-state index in [1.54, 1.807) is 12.1 Å². The number of anilines is 1. The number of nitrogens with zero attached hydrogens (tertiary/aromatic N) is 1. The standard InChI is InChI=1S/C21H27N3O5/c1-14(2)15-5-7-16(8-6-15)22-17(25)13-29-18(26)9-12-24-19(27)21(23-20(24)28)10-3-4-11-21/h5-8,14H,3-4,9-13H2,1-2H3,(H,22,25)(H,23,28). The monoisotopic (exact) mass is 401 g/mol. The average Bonchev–Trinajstić information content (AvgIpc) is 3.24. The van der Waals surface area contributed by atoms with E-state index in [1.165, 1.54) is 0 Å². The van der Waals surface area contributed by atoms with E-state index in [0.29, 0.717) is 24.4 Å². The van der Waals surface area contributed by atoms with Crippen molar-refractivity contribution >= 4 is 29.5 Å². The van der Waals surface area contributed by atoms with Crippen LogP contribution in [0.1, 0.15) is 57.4 Å². The summed E-state index contributed by atoms with van der Waals surface area (Å²) in [5.74, 6) is -0.956. The molecular weight excluding hydrogens is 374 g/mol. The number of imide groups is 1. The normalized spacial score (nSPS) is 17.7. The molecule has 0 unspecified atom stereocenters. The van der Waals surface area contributed by atoms with Crippen LogP contribution in [0.5, 0.6) is 0 Å². The Bertz CT molecular complexity index is 797. The molecule has 0 bridgehead atoms. The van der Waals surface area contributed by atoms with Gasteiger partial charge >= 0.3 is 12.0 Å². The third-order valence-electron chi connectivity index (χ3n) is 5.47. The van der Waals surface area contributed by atoms with E-state index in [4.69, 9.17) is 4.74 Å². The maximum absolute atomic E-state index is 12.5. The van der Waals surface area contributed by atoms with Crippen LogP contribution in [-0.4, -0.2) is 47.4 Å². The van der Waals surface area contributed by atoms with Gasteiger partial charge in [-0.25, -0.2) is 4.79 Å². The Labute approximate surface area is 170 Å². The number of esters is 1. The maximum atomic E-state index is 12.5. The summed E-state index contributed by atoms with van der Waals surface area (Å²) in [6, 6.07) is 6.99. The zero-order valence-electron chi connectivity index (χ0n) is 16.8. The lowest BCUT2D eigenvalue weighted by atomic mass is 9.98. The molecule has 1 aromatic carbocycles. The van der Waals surface area contributed by atoms with Crippen LogP contribution in [0.2, 0.25) is 0 Å². The zero-order chi connectivity index (χ0) is 21.0. The van der Waals surface area contributed by atoms with E-state index in [2.05, 4.69) is 24.5 Å². The molecule has 1 heterocycles. The molecule has 1 aliphatic carbocycles. The van der Waals surface area contributed by atoms with Crippen LogP contribution in [0.15, 0.2) is 24.3 Å². The largest absolute Gasteiger partial charge is 0.456 e. The number of urea groups is 1. The lowest BCUT2D eigenvalue weighted by Crippen LogP contribution is -2.44. The second-order valence-electron chi connectivity index (χ2n) is 7.91. The van der Waals surface area contributed by atoms with Gasteiger partial charge in [-0.05, 0) is 36.5 Å². The Balaban J connectivity index is 1.41. The van der Waals surface area contributed by atoms with Gasteiger partial charge in [-0.15, -0.1) is 0 Å². The highest BCUT2D eigenvalue weighted by atomic mass is 16.5. The van der Waals surface area contributed by atoms with Crippen LogP contribution >= 0.6 is 0 Å². The maximum Gasteiger partial charge on any atom is 0.325 e. The molecule has 2 aliphatic rings. The average molecular weight is 401 g/mol. The van der Waals surface area contributed by atoms with Gasteiger partial charge in [0.15, 0.2) is 6.61 Å². The number of ether oxygens (including phenoxy) is 1. The molecule has 2 fully saturated rings. The summed E-state index contributed by atoms with van der Waals surface area (Å²) in [5.41, 5.74) is 0.998. The number of hydrogen-bond donors (Lipinski definition) is 2. The van der Waals surface area contributed by atoms with Crippen molar-refractivity contribution in [1.82, 2.24) is 10.2 Å². The summed E-state index contributed by atoms with van der Waals surface area (Å²) >= 11 is 0. The molecule has 1 spiro atoms. The Kier molecular flexibility index (Phi) is 6.20. The van der Waals surface area contributed by atoms with Crippen LogP contribution in [0.3, 0.4) is 0 Å². The number of benzene rings is 1.